The van der Waals surface area contributed by atoms with Gasteiger partial charge in [-0.15, -0.1) is 0 Å². The van der Waals surface area contributed by atoms with Gasteiger partial charge in [-0.05, 0) is 74.6 Å². The van der Waals surface area contributed by atoms with Crippen LogP contribution in [0.25, 0.3) is 32.7 Å². The van der Waals surface area contributed by atoms with E-state index in [-0.39, 0.29) is 23.0 Å². The van der Waals surface area contributed by atoms with Crippen molar-refractivity contribution in [3.05, 3.63) is 132 Å². The molecule has 6 rings (SSSR count). The second kappa shape index (κ2) is 8.92. The monoisotopic (exact) mass is 484 g/mol. The summed E-state index contributed by atoms with van der Waals surface area (Å²) in [7, 11) is 0. The summed E-state index contributed by atoms with van der Waals surface area (Å²) in [6.45, 7) is 0. The Kier molecular flexibility index (Phi) is 5.42. The summed E-state index contributed by atoms with van der Waals surface area (Å²) in [6, 6.07) is 35.1. The molecule has 37 heavy (non-hydrogen) atoms. The quantitative estimate of drug-likeness (QED) is 0.194. The molecule has 0 amide bonds. The zero-order valence-corrected chi connectivity index (χ0v) is 19.8. The standard InChI is InChI=1S/C33H24O4/c34-25-12-14-27-23(18-25)10-16-29(36)32(27)31(22-8-6-21(7-9-22)20-4-2-1-3-5-20)33-28-15-13-26(35)19-24(28)11-17-30(33)37/h1-19,31,34-37H. The molecule has 180 valence electrons. The molecule has 0 unspecified atom stereocenters. The topological polar surface area (TPSA) is 80.9 Å². The van der Waals surface area contributed by atoms with Gasteiger partial charge in [0.25, 0.3) is 0 Å². The van der Waals surface area contributed by atoms with Crippen molar-refractivity contribution in [1.29, 1.82) is 0 Å². The van der Waals surface area contributed by atoms with Crippen molar-refractivity contribution in [2.24, 2.45) is 0 Å². The van der Waals surface area contributed by atoms with Crippen LogP contribution < -0.4 is 0 Å². The molecule has 0 aromatic heterocycles. The summed E-state index contributed by atoms with van der Waals surface area (Å²) < 4.78 is 0. The Morgan fingerprint density at radius 2 is 0.919 bits per heavy atom. The third kappa shape index (κ3) is 3.99. The van der Waals surface area contributed by atoms with Gasteiger partial charge in [-0.1, -0.05) is 78.9 Å². The highest BCUT2D eigenvalue weighted by Gasteiger charge is 2.27. The number of hydrogen-bond acceptors (Lipinski definition) is 4. The molecule has 0 radical (unpaired) electrons. The number of benzene rings is 6. The molecule has 0 saturated heterocycles. The lowest BCUT2D eigenvalue weighted by molar-refractivity contribution is 0.460. The number of fused-ring (bicyclic) bond motifs is 2. The van der Waals surface area contributed by atoms with Gasteiger partial charge >= 0.3 is 0 Å². The van der Waals surface area contributed by atoms with Crippen LogP contribution in [0.1, 0.15) is 22.6 Å². The lowest BCUT2D eigenvalue weighted by Gasteiger charge is -2.24. The third-order valence-corrected chi connectivity index (χ3v) is 6.97. The summed E-state index contributed by atoms with van der Waals surface area (Å²) in [5.74, 6) is -0.0879. The summed E-state index contributed by atoms with van der Waals surface area (Å²) in [4.78, 5) is 0. The Labute approximate surface area is 214 Å². The Hall–Kier alpha value is -4.96. The number of hydrogen-bond donors (Lipinski definition) is 4. The van der Waals surface area contributed by atoms with E-state index in [1.165, 1.54) is 0 Å². The van der Waals surface area contributed by atoms with Crippen LogP contribution in [-0.4, -0.2) is 20.4 Å². The molecule has 0 fully saturated rings. The molecule has 4 nitrogen and oxygen atoms in total. The van der Waals surface area contributed by atoms with Gasteiger partial charge in [0, 0.05) is 17.0 Å². The fourth-order valence-corrected chi connectivity index (χ4v) is 5.24. The summed E-state index contributed by atoms with van der Waals surface area (Å²) in [5.41, 5.74) is 4.29. The lowest BCUT2D eigenvalue weighted by atomic mass is 9.79. The van der Waals surface area contributed by atoms with E-state index in [0.29, 0.717) is 11.1 Å². The summed E-state index contributed by atoms with van der Waals surface area (Å²) >= 11 is 0. The van der Waals surface area contributed by atoms with Crippen molar-refractivity contribution in [2.75, 3.05) is 0 Å². The minimum atomic E-state index is -0.536. The van der Waals surface area contributed by atoms with Crippen molar-refractivity contribution in [2.45, 2.75) is 5.92 Å². The molecule has 0 bridgehead atoms. The molecule has 4 heteroatoms. The second-order valence-electron chi connectivity index (χ2n) is 9.23. The SMILES string of the molecule is Oc1ccc2c(C(c3ccc(-c4ccccc4)cc3)c3c(O)ccc4cc(O)ccc34)c(O)ccc2c1. The maximum atomic E-state index is 11.2. The van der Waals surface area contributed by atoms with Crippen LogP contribution in [0.4, 0.5) is 0 Å². The van der Waals surface area contributed by atoms with Crippen LogP contribution in [-0.2, 0) is 0 Å². The van der Waals surface area contributed by atoms with Crippen molar-refractivity contribution in [3.63, 3.8) is 0 Å². The molecule has 0 heterocycles. The second-order valence-corrected chi connectivity index (χ2v) is 9.23. The largest absolute Gasteiger partial charge is 0.508 e. The van der Waals surface area contributed by atoms with Crippen LogP contribution in [0.15, 0.2) is 115 Å². The smallest absolute Gasteiger partial charge is 0.120 e. The minimum absolute atomic E-state index is 0.0884. The average Bonchev–Trinajstić information content (AvgIpc) is 2.92. The van der Waals surface area contributed by atoms with Gasteiger partial charge in [0.15, 0.2) is 0 Å². The number of phenols is 4. The van der Waals surface area contributed by atoms with Gasteiger partial charge in [0.05, 0.1) is 0 Å². The molecule has 0 spiro atoms. The molecule has 0 atom stereocenters. The lowest BCUT2D eigenvalue weighted by Crippen LogP contribution is -2.06. The molecular weight excluding hydrogens is 460 g/mol. The molecule has 0 aliphatic rings. The van der Waals surface area contributed by atoms with Crippen LogP contribution in [0, 0.1) is 0 Å². The molecule has 0 aliphatic heterocycles. The highest BCUT2D eigenvalue weighted by Crippen LogP contribution is 2.47. The summed E-state index contributed by atoms with van der Waals surface area (Å²) in [6.07, 6.45) is 0. The highest BCUT2D eigenvalue weighted by molar-refractivity contribution is 5.94. The first-order valence-corrected chi connectivity index (χ1v) is 12.0. The maximum absolute atomic E-state index is 11.2. The molecule has 0 saturated carbocycles. The molecule has 6 aromatic carbocycles. The first-order chi connectivity index (χ1) is 18.0. The van der Waals surface area contributed by atoms with E-state index in [1.54, 1.807) is 60.7 Å². The van der Waals surface area contributed by atoms with Gasteiger partial charge < -0.3 is 20.4 Å². The Bertz CT molecular complexity index is 1660. The van der Waals surface area contributed by atoms with Crippen molar-refractivity contribution < 1.29 is 20.4 Å². The van der Waals surface area contributed by atoms with Gasteiger partial charge in [0.2, 0.25) is 0 Å². The number of aromatic hydroxyl groups is 4. The number of rotatable bonds is 4. The van der Waals surface area contributed by atoms with Crippen LogP contribution >= 0.6 is 0 Å². The normalized spacial score (nSPS) is 11.4. The molecule has 4 N–H and O–H groups in total. The van der Waals surface area contributed by atoms with Crippen molar-refractivity contribution >= 4 is 21.5 Å². The van der Waals surface area contributed by atoms with Crippen LogP contribution in [0.2, 0.25) is 0 Å². The fraction of sp³-hybridized carbons (Fsp3) is 0.0303. The van der Waals surface area contributed by atoms with Crippen molar-refractivity contribution in [1.82, 2.24) is 0 Å². The molecular formula is C33H24O4. The first-order valence-electron chi connectivity index (χ1n) is 12.0. The van der Waals surface area contributed by atoms with E-state index in [9.17, 15) is 20.4 Å². The number of phenolic OH excluding ortho intramolecular Hbond substituents is 4. The van der Waals surface area contributed by atoms with E-state index in [1.807, 2.05) is 42.5 Å². The molecule has 0 aliphatic carbocycles. The summed E-state index contributed by atoms with van der Waals surface area (Å²) in [5, 5.41) is 45.7. The van der Waals surface area contributed by atoms with Gasteiger partial charge in [0.1, 0.15) is 23.0 Å². The Morgan fingerprint density at radius 1 is 0.432 bits per heavy atom. The maximum Gasteiger partial charge on any atom is 0.120 e. The van der Waals surface area contributed by atoms with E-state index in [4.69, 9.17) is 0 Å². The average molecular weight is 485 g/mol. The minimum Gasteiger partial charge on any atom is -0.508 e. The fourth-order valence-electron chi connectivity index (χ4n) is 5.24. The highest BCUT2D eigenvalue weighted by atomic mass is 16.3. The van der Waals surface area contributed by atoms with Crippen LogP contribution in [0.5, 0.6) is 23.0 Å². The van der Waals surface area contributed by atoms with E-state index in [2.05, 4.69) is 12.1 Å². The predicted octanol–water partition coefficient (Wildman–Crippen LogP) is 7.66. The van der Waals surface area contributed by atoms with E-state index in [0.717, 1.165) is 38.2 Å². The predicted molar refractivity (Wildman–Crippen MR) is 147 cm³/mol. The van der Waals surface area contributed by atoms with Crippen LogP contribution in [0.3, 0.4) is 0 Å². The van der Waals surface area contributed by atoms with Gasteiger partial charge in [-0.3, -0.25) is 0 Å². The van der Waals surface area contributed by atoms with Gasteiger partial charge in [-0.2, -0.15) is 0 Å². The van der Waals surface area contributed by atoms with E-state index < -0.39 is 5.92 Å². The first kappa shape index (κ1) is 22.5. The van der Waals surface area contributed by atoms with Crippen molar-refractivity contribution in [3.8, 4) is 34.1 Å². The van der Waals surface area contributed by atoms with E-state index >= 15 is 0 Å². The Balaban J connectivity index is 1.65. The Morgan fingerprint density at radius 3 is 1.43 bits per heavy atom. The van der Waals surface area contributed by atoms with Gasteiger partial charge in [-0.25, -0.2) is 0 Å². The molecule has 6 aromatic rings. The third-order valence-electron chi connectivity index (χ3n) is 6.97. The zero-order chi connectivity index (χ0) is 25.5. The zero-order valence-electron chi connectivity index (χ0n) is 19.8.